The molecular formula is C80H74F4N18O4. The number of ether oxygens (including phenoxy) is 1. The number of hydrogen-bond donors (Lipinski definition) is 1. The van der Waals surface area contributed by atoms with Crippen molar-refractivity contribution in [3.63, 3.8) is 0 Å². The van der Waals surface area contributed by atoms with Gasteiger partial charge in [-0.05, 0) is 128 Å². The van der Waals surface area contributed by atoms with E-state index in [0.717, 1.165) is 62.5 Å². The number of piperazine rings is 3. The Morgan fingerprint density at radius 2 is 0.830 bits per heavy atom. The Morgan fingerprint density at radius 1 is 0.406 bits per heavy atom. The van der Waals surface area contributed by atoms with Crippen molar-refractivity contribution >= 4 is 46.3 Å². The van der Waals surface area contributed by atoms with Crippen molar-refractivity contribution in [3.8, 4) is 73.7 Å². The zero-order valence-corrected chi connectivity index (χ0v) is 58.2. The topological polar surface area (TPSA) is 214 Å². The Morgan fingerprint density at radius 3 is 1.29 bits per heavy atom. The van der Waals surface area contributed by atoms with Crippen LogP contribution in [-0.4, -0.2) is 177 Å². The van der Waals surface area contributed by atoms with E-state index in [1.807, 2.05) is 86.1 Å². The van der Waals surface area contributed by atoms with Crippen LogP contribution in [0.4, 0.5) is 35.0 Å². The summed E-state index contributed by atoms with van der Waals surface area (Å²) in [5.74, 6) is 3.84. The second-order valence-electron chi connectivity index (χ2n) is 25.6. The minimum atomic E-state index is -0.352. The molecule has 3 saturated heterocycles. The van der Waals surface area contributed by atoms with Gasteiger partial charge in [-0.25, -0.2) is 57.4 Å². The number of imidazole rings is 4. The van der Waals surface area contributed by atoms with E-state index in [4.69, 9.17) is 19.7 Å². The molecule has 1 N–H and O–H groups in total. The number of halogens is 4. The van der Waals surface area contributed by atoms with E-state index in [2.05, 4.69) is 69.7 Å². The van der Waals surface area contributed by atoms with Crippen LogP contribution in [0, 0.1) is 30.2 Å². The highest BCUT2D eigenvalue weighted by molar-refractivity contribution is 5.84. The number of aromatic nitrogens is 12. The van der Waals surface area contributed by atoms with Crippen molar-refractivity contribution in [3.05, 3.63) is 254 Å². The third-order valence-electron chi connectivity index (χ3n) is 18.7. The fraction of sp³-hybridized carbons (Fsp3) is 0.212. The quantitative estimate of drug-likeness (QED) is 0.0891. The number of pyridine rings is 2. The summed E-state index contributed by atoms with van der Waals surface area (Å²) in [5.41, 5.74) is 9.62. The molecule has 26 heteroatoms. The van der Waals surface area contributed by atoms with Gasteiger partial charge in [0.25, 0.3) is 0 Å². The number of hydrogen-bond acceptors (Lipinski definition) is 15. The van der Waals surface area contributed by atoms with Crippen LogP contribution in [0.2, 0.25) is 0 Å². The minimum Gasteiger partial charge on any atom is -0.497 e. The van der Waals surface area contributed by atoms with E-state index in [0.29, 0.717) is 118 Å². The first-order valence-electron chi connectivity index (χ1n) is 34.7. The smallest absolute Gasteiger partial charge is 0.242 e. The first kappa shape index (κ1) is 70.2. The van der Waals surface area contributed by atoms with Crippen molar-refractivity contribution < 1.29 is 36.7 Å². The van der Waals surface area contributed by atoms with Gasteiger partial charge in [0.1, 0.15) is 89.6 Å². The Hall–Kier alpha value is -12.9. The van der Waals surface area contributed by atoms with Gasteiger partial charge in [0.15, 0.2) is 11.5 Å². The van der Waals surface area contributed by atoms with Gasteiger partial charge in [0.2, 0.25) is 17.7 Å². The standard InChI is InChI=1S/C27H25F2N5O2.C27H26N8O.C26H23F2N5O/c1-36-23-10-11-30-25(16-23)32-12-14-33(15-13-32)26(35)18-34-17-24(19-2-6-21(28)7-3-19)31-27(34)20-4-8-22(29)9-5-20;1-19-6-5-9-21(14-19)22-15-35(26(32-22)20-7-3-2-4-8-20)16-23(36)33-10-12-34(13-11-33)27-24-25(29-17-28-24)30-18-31-27;27-21-8-4-19(5-9-21)23-17-33(26(30-23)20-6-10-22(28)11-7-20)18-25(34)32-15-13-31(14-16-32)24-3-1-2-12-29-24/h2-11,16-17H,12-15,18H2,1H3;2-9,14-15,17-18H,10-13,16H2,1H3,(H,28,29,30,31);1-12,17H,13-16,18H2. The number of nitrogens with zero attached hydrogens (tertiary/aromatic N) is 17. The third-order valence-corrected chi connectivity index (χ3v) is 18.7. The van der Waals surface area contributed by atoms with Gasteiger partial charge in [-0.3, -0.25) is 14.4 Å². The van der Waals surface area contributed by atoms with Gasteiger partial charge in [0.05, 0.1) is 30.5 Å². The van der Waals surface area contributed by atoms with Gasteiger partial charge in [-0.15, -0.1) is 0 Å². The van der Waals surface area contributed by atoms with Crippen LogP contribution in [0.1, 0.15) is 5.56 Å². The lowest BCUT2D eigenvalue weighted by atomic mass is 10.1. The van der Waals surface area contributed by atoms with Crippen molar-refractivity contribution in [1.29, 1.82) is 0 Å². The molecule has 0 spiro atoms. The summed E-state index contributed by atoms with van der Waals surface area (Å²) in [6, 6.07) is 51.8. The summed E-state index contributed by atoms with van der Waals surface area (Å²) in [6.07, 6.45) is 12.2. The van der Waals surface area contributed by atoms with E-state index in [9.17, 15) is 31.9 Å². The maximum Gasteiger partial charge on any atom is 0.242 e. The Balaban J connectivity index is 0.000000134. The summed E-state index contributed by atoms with van der Waals surface area (Å²) in [7, 11) is 1.62. The molecule has 0 saturated carbocycles. The van der Waals surface area contributed by atoms with Gasteiger partial charge in [0, 0.05) is 149 Å². The molecule has 0 radical (unpaired) electrons. The molecule has 3 fully saturated rings. The maximum absolute atomic E-state index is 13.5. The van der Waals surface area contributed by atoms with Crippen molar-refractivity contribution in [2.75, 3.05) is 100 Å². The molecule has 22 nitrogen and oxygen atoms in total. The van der Waals surface area contributed by atoms with Crippen LogP contribution >= 0.6 is 0 Å². The maximum atomic E-state index is 13.5. The summed E-state index contributed by atoms with van der Waals surface area (Å²) in [4.78, 5) is 91.0. The molecule has 536 valence electrons. The molecular weight excluding hydrogens is 1350 g/mol. The Kier molecular flexibility index (Phi) is 21.3. The second-order valence-corrected chi connectivity index (χ2v) is 25.6. The minimum absolute atomic E-state index is 0.0212. The van der Waals surface area contributed by atoms with Crippen LogP contribution in [0.25, 0.3) is 79.1 Å². The SMILES string of the molecule is COc1ccnc(N2CCN(C(=O)Cn3cc(-c4ccc(F)cc4)nc3-c3ccc(F)cc3)CC2)c1.Cc1cccc(-c2cn(CC(=O)N3CCN(c4ncnc5nc[nH]c45)CC3)c(-c3ccccc3)n2)c1.O=C(Cn1cc(-c2ccc(F)cc2)nc1-c1ccc(F)cc1)N1CCN(c2ccccn2)CC1. The van der Waals surface area contributed by atoms with Crippen LogP contribution in [-0.2, 0) is 34.0 Å². The van der Waals surface area contributed by atoms with Gasteiger partial charge in [-0.2, -0.15) is 0 Å². The monoisotopic (exact) mass is 1430 g/mol. The van der Waals surface area contributed by atoms with E-state index >= 15 is 0 Å². The number of rotatable bonds is 16. The van der Waals surface area contributed by atoms with Crippen molar-refractivity contribution in [2.24, 2.45) is 0 Å². The molecule has 0 aliphatic carbocycles. The lowest BCUT2D eigenvalue weighted by Gasteiger charge is -2.35. The number of carbonyl (C=O) groups is 3. The summed E-state index contributed by atoms with van der Waals surface area (Å²) in [5, 5.41) is 0. The zero-order valence-electron chi connectivity index (χ0n) is 58.2. The first-order valence-corrected chi connectivity index (χ1v) is 34.7. The van der Waals surface area contributed by atoms with E-state index in [-0.39, 0.29) is 60.6 Å². The number of fused-ring (bicyclic) bond motifs is 1. The van der Waals surface area contributed by atoms with Gasteiger partial charge < -0.3 is 52.8 Å². The molecule has 0 unspecified atom stereocenters. The number of aryl methyl sites for hydroxylation is 1. The highest BCUT2D eigenvalue weighted by atomic mass is 19.1. The first-order chi connectivity index (χ1) is 51.7. The van der Waals surface area contributed by atoms with Crippen LogP contribution in [0.5, 0.6) is 5.75 Å². The van der Waals surface area contributed by atoms with E-state index < -0.39 is 0 Å². The molecule has 10 heterocycles. The molecule has 16 rings (SSSR count). The van der Waals surface area contributed by atoms with Crippen LogP contribution < -0.4 is 19.4 Å². The van der Waals surface area contributed by atoms with E-state index in [1.54, 1.807) is 102 Å². The molecule has 6 aromatic carbocycles. The molecule has 7 aromatic heterocycles. The fourth-order valence-electron chi connectivity index (χ4n) is 13.1. The Bertz CT molecular complexity index is 5150. The molecule has 3 aliphatic heterocycles. The number of aromatic amines is 1. The van der Waals surface area contributed by atoms with Crippen molar-refractivity contribution in [1.82, 2.24) is 73.3 Å². The predicted octanol–water partition coefficient (Wildman–Crippen LogP) is 12.0. The predicted molar refractivity (Wildman–Crippen MR) is 397 cm³/mol. The fourth-order valence-corrected chi connectivity index (χ4v) is 13.1. The number of H-pyrrole nitrogens is 1. The highest BCUT2D eigenvalue weighted by Crippen LogP contribution is 2.31. The molecule has 0 bridgehead atoms. The van der Waals surface area contributed by atoms with Gasteiger partial charge >= 0.3 is 0 Å². The largest absolute Gasteiger partial charge is 0.497 e. The Labute approximate surface area is 608 Å². The second kappa shape index (κ2) is 32.2. The number of nitrogens with one attached hydrogen (secondary N) is 1. The van der Waals surface area contributed by atoms with Gasteiger partial charge in [-0.1, -0.05) is 60.2 Å². The average molecular weight is 1430 g/mol. The summed E-state index contributed by atoms with van der Waals surface area (Å²) >= 11 is 0. The number of benzene rings is 6. The molecule has 106 heavy (non-hydrogen) atoms. The lowest BCUT2D eigenvalue weighted by Crippen LogP contribution is -2.50. The van der Waals surface area contributed by atoms with E-state index in [1.165, 1.54) is 60.4 Å². The summed E-state index contributed by atoms with van der Waals surface area (Å²) in [6.45, 7) is 10.2. The van der Waals surface area contributed by atoms with Crippen molar-refractivity contribution in [2.45, 2.75) is 26.6 Å². The van der Waals surface area contributed by atoms with Crippen LogP contribution in [0.3, 0.4) is 0 Å². The summed E-state index contributed by atoms with van der Waals surface area (Å²) < 4.78 is 64.6. The zero-order chi connectivity index (χ0) is 73.0. The number of anilines is 3. The molecule has 3 aliphatic rings. The number of carbonyl (C=O) groups excluding carboxylic acids is 3. The average Bonchev–Trinajstić information content (AvgIpc) is 1.65. The lowest BCUT2D eigenvalue weighted by molar-refractivity contribution is -0.132. The highest BCUT2D eigenvalue weighted by Gasteiger charge is 2.29. The molecule has 13 aromatic rings. The number of amides is 3. The molecule has 3 amide bonds. The van der Waals surface area contributed by atoms with Crippen LogP contribution in [0.15, 0.2) is 226 Å². The third kappa shape index (κ3) is 16.6. The normalized spacial score (nSPS) is 13.8. The number of methoxy groups -OCH3 is 1. The molecule has 0 atom stereocenters.